The summed E-state index contributed by atoms with van der Waals surface area (Å²) >= 11 is 0. The standard InChI is InChI=1S/C25H21N5O2/c1-29(16-17-9-3-2-4-10-17)22-14-8-6-12-20(22)27-25(32)19-15-26-30-21-13-7-5-11-18(21)24(31)28-23(19)30/h2-15H,16H2,1H3,(H,27,32)(H,28,31). The molecule has 5 aromatic rings. The van der Waals surface area contributed by atoms with E-state index in [0.29, 0.717) is 34.3 Å². The average molecular weight is 423 g/mol. The summed E-state index contributed by atoms with van der Waals surface area (Å²) in [5.41, 5.74) is 3.79. The van der Waals surface area contributed by atoms with Crippen molar-refractivity contribution in [3.63, 3.8) is 0 Å². The number of nitrogens with one attached hydrogen (secondary N) is 2. The Morgan fingerprint density at radius 3 is 2.56 bits per heavy atom. The summed E-state index contributed by atoms with van der Waals surface area (Å²) in [6.45, 7) is 0.698. The molecule has 0 fully saturated rings. The maximum absolute atomic E-state index is 13.2. The van der Waals surface area contributed by atoms with Crippen molar-refractivity contribution in [1.29, 1.82) is 0 Å². The summed E-state index contributed by atoms with van der Waals surface area (Å²) < 4.78 is 1.58. The summed E-state index contributed by atoms with van der Waals surface area (Å²) in [7, 11) is 1.98. The molecule has 7 nitrogen and oxygen atoms in total. The van der Waals surface area contributed by atoms with Crippen molar-refractivity contribution in [3.05, 3.63) is 107 Å². The molecule has 0 saturated heterocycles. The monoisotopic (exact) mass is 423 g/mol. The van der Waals surface area contributed by atoms with Crippen LogP contribution >= 0.6 is 0 Å². The third-order valence-electron chi connectivity index (χ3n) is 5.45. The molecule has 1 amide bonds. The van der Waals surface area contributed by atoms with Crippen LogP contribution in [0.3, 0.4) is 0 Å². The predicted molar refractivity (Wildman–Crippen MR) is 126 cm³/mol. The number of aromatic nitrogens is 3. The van der Waals surface area contributed by atoms with Crippen molar-refractivity contribution in [2.75, 3.05) is 17.3 Å². The molecule has 158 valence electrons. The van der Waals surface area contributed by atoms with Gasteiger partial charge in [-0.1, -0.05) is 54.6 Å². The van der Waals surface area contributed by atoms with Crippen LogP contribution in [-0.4, -0.2) is 27.6 Å². The van der Waals surface area contributed by atoms with Gasteiger partial charge in [0.05, 0.1) is 28.5 Å². The van der Waals surface area contributed by atoms with Crippen LogP contribution in [0.1, 0.15) is 15.9 Å². The first-order chi connectivity index (χ1) is 15.6. The fourth-order valence-corrected chi connectivity index (χ4v) is 3.89. The number of H-pyrrole nitrogens is 1. The lowest BCUT2D eigenvalue weighted by atomic mass is 10.2. The molecule has 32 heavy (non-hydrogen) atoms. The fourth-order valence-electron chi connectivity index (χ4n) is 3.89. The molecule has 0 bridgehead atoms. The molecule has 2 heterocycles. The summed E-state index contributed by atoms with van der Waals surface area (Å²) in [6, 6.07) is 24.9. The molecule has 0 spiro atoms. The van der Waals surface area contributed by atoms with Gasteiger partial charge in [-0.2, -0.15) is 5.10 Å². The van der Waals surface area contributed by atoms with Gasteiger partial charge >= 0.3 is 0 Å². The average Bonchev–Trinajstić information content (AvgIpc) is 3.24. The van der Waals surface area contributed by atoms with E-state index in [-0.39, 0.29) is 11.5 Å². The lowest BCUT2D eigenvalue weighted by Gasteiger charge is -2.22. The van der Waals surface area contributed by atoms with E-state index in [2.05, 4.69) is 32.4 Å². The third-order valence-corrected chi connectivity index (χ3v) is 5.45. The van der Waals surface area contributed by atoms with E-state index < -0.39 is 0 Å². The number of anilines is 2. The van der Waals surface area contributed by atoms with Gasteiger partial charge in [-0.05, 0) is 29.8 Å². The van der Waals surface area contributed by atoms with Gasteiger partial charge in [-0.25, -0.2) is 4.52 Å². The molecule has 3 aromatic carbocycles. The number of fused-ring (bicyclic) bond motifs is 3. The molecule has 2 aromatic heterocycles. The van der Waals surface area contributed by atoms with Gasteiger partial charge < -0.3 is 15.2 Å². The number of para-hydroxylation sites is 3. The maximum Gasteiger partial charge on any atom is 0.261 e. The Morgan fingerprint density at radius 1 is 1.00 bits per heavy atom. The summed E-state index contributed by atoms with van der Waals surface area (Å²) in [5, 5.41) is 7.84. The Kier molecular flexibility index (Phi) is 4.91. The topological polar surface area (TPSA) is 82.5 Å². The SMILES string of the molecule is CN(Cc1ccccc1)c1ccccc1NC(=O)c1cnn2c1[nH]c(=O)c1ccccc12. The largest absolute Gasteiger partial charge is 0.369 e. The third kappa shape index (κ3) is 3.50. The van der Waals surface area contributed by atoms with Crippen LogP contribution in [0.15, 0.2) is 89.9 Å². The molecular formula is C25H21N5O2. The fraction of sp³-hybridized carbons (Fsp3) is 0.0800. The van der Waals surface area contributed by atoms with Crippen LogP contribution < -0.4 is 15.8 Å². The normalized spacial score (nSPS) is 11.0. The number of benzene rings is 3. The number of nitrogens with zero attached hydrogens (tertiary/aromatic N) is 3. The molecule has 0 radical (unpaired) electrons. The van der Waals surface area contributed by atoms with Crippen LogP contribution in [0.5, 0.6) is 0 Å². The Balaban J connectivity index is 1.47. The lowest BCUT2D eigenvalue weighted by Crippen LogP contribution is -2.20. The first-order valence-electron chi connectivity index (χ1n) is 10.3. The minimum Gasteiger partial charge on any atom is -0.369 e. The lowest BCUT2D eigenvalue weighted by molar-refractivity contribution is 0.102. The number of carbonyl (C=O) groups excluding carboxylic acids is 1. The van der Waals surface area contributed by atoms with E-state index in [9.17, 15) is 9.59 Å². The summed E-state index contributed by atoms with van der Waals surface area (Å²) in [6.07, 6.45) is 1.48. The minimum absolute atomic E-state index is 0.259. The van der Waals surface area contributed by atoms with E-state index in [4.69, 9.17) is 0 Å². The predicted octanol–water partition coefficient (Wildman–Crippen LogP) is 4.06. The number of aromatic amines is 1. The van der Waals surface area contributed by atoms with Crippen LogP contribution in [0.4, 0.5) is 11.4 Å². The molecule has 0 aliphatic carbocycles. The summed E-state index contributed by atoms with van der Waals surface area (Å²) in [4.78, 5) is 30.5. The minimum atomic E-state index is -0.341. The van der Waals surface area contributed by atoms with Crippen molar-refractivity contribution in [2.24, 2.45) is 0 Å². The van der Waals surface area contributed by atoms with Gasteiger partial charge in [-0.15, -0.1) is 0 Å². The van der Waals surface area contributed by atoms with Gasteiger partial charge in [0.1, 0.15) is 11.2 Å². The van der Waals surface area contributed by atoms with Gasteiger partial charge in [0, 0.05) is 13.6 Å². The number of carbonyl (C=O) groups is 1. The molecule has 0 aliphatic rings. The van der Waals surface area contributed by atoms with E-state index in [1.165, 1.54) is 11.8 Å². The van der Waals surface area contributed by atoms with E-state index >= 15 is 0 Å². The first kappa shape index (κ1) is 19.6. The Labute approximate surface area is 183 Å². The number of hydrogen-bond acceptors (Lipinski definition) is 4. The molecule has 5 rings (SSSR count). The second-order valence-corrected chi connectivity index (χ2v) is 7.60. The van der Waals surface area contributed by atoms with Crippen molar-refractivity contribution in [1.82, 2.24) is 14.6 Å². The molecule has 0 saturated carbocycles. The molecular weight excluding hydrogens is 402 g/mol. The van der Waals surface area contributed by atoms with Crippen LogP contribution in [0.2, 0.25) is 0 Å². The highest BCUT2D eigenvalue weighted by Crippen LogP contribution is 2.27. The quantitative estimate of drug-likeness (QED) is 0.447. The highest BCUT2D eigenvalue weighted by molar-refractivity contribution is 6.09. The first-order valence-corrected chi connectivity index (χ1v) is 10.3. The molecule has 7 heteroatoms. The zero-order chi connectivity index (χ0) is 22.1. The van der Waals surface area contributed by atoms with Gasteiger partial charge in [0.15, 0.2) is 0 Å². The highest BCUT2D eigenvalue weighted by atomic mass is 16.2. The van der Waals surface area contributed by atoms with Gasteiger partial charge in [0.2, 0.25) is 0 Å². The van der Waals surface area contributed by atoms with Crippen molar-refractivity contribution in [3.8, 4) is 0 Å². The highest BCUT2D eigenvalue weighted by Gasteiger charge is 2.18. The van der Waals surface area contributed by atoms with Gasteiger partial charge in [-0.3, -0.25) is 9.59 Å². The van der Waals surface area contributed by atoms with Crippen LogP contribution in [0.25, 0.3) is 16.6 Å². The Morgan fingerprint density at radius 2 is 1.72 bits per heavy atom. The van der Waals surface area contributed by atoms with Gasteiger partial charge in [0.25, 0.3) is 11.5 Å². The molecule has 0 aliphatic heterocycles. The van der Waals surface area contributed by atoms with Crippen molar-refractivity contribution in [2.45, 2.75) is 6.54 Å². The number of rotatable bonds is 5. The maximum atomic E-state index is 13.2. The number of amides is 1. The molecule has 2 N–H and O–H groups in total. The van der Waals surface area contributed by atoms with Crippen molar-refractivity contribution < 1.29 is 4.79 Å². The second kappa shape index (κ2) is 8.03. The van der Waals surface area contributed by atoms with Crippen LogP contribution in [0, 0.1) is 0 Å². The van der Waals surface area contributed by atoms with E-state index in [1.54, 1.807) is 22.7 Å². The zero-order valence-corrected chi connectivity index (χ0v) is 17.4. The summed E-state index contributed by atoms with van der Waals surface area (Å²) in [5.74, 6) is -0.341. The number of hydrogen-bond donors (Lipinski definition) is 2. The molecule has 0 atom stereocenters. The Hall–Kier alpha value is -4.39. The zero-order valence-electron chi connectivity index (χ0n) is 17.4. The van der Waals surface area contributed by atoms with E-state index in [1.807, 2.05) is 55.6 Å². The van der Waals surface area contributed by atoms with E-state index in [0.717, 1.165) is 5.69 Å². The smallest absolute Gasteiger partial charge is 0.261 e. The second-order valence-electron chi connectivity index (χ2n) is 7.60. The van der Waals surface area contributed by atoms with Crippen molar-refractivity contribution >= 4 is 33.8 Å². The Bertz CT molecular complexity index is 1490. The van der Waals surface area contributed by atoms with Crippen LogP contribution in [-0.2, 0) is 6.54 Å². The molecule has 0 unspecified atom stereocenters.